The standard InChI is InChI=1S/C24H28O8/c1-15(25)31-13-19-11-21(27-3)9-17(23(19)29-5)7-8-18-10-22(28-4)12-20(24(18)30-6)14-32-16(2)26/h7-12H,13-14H2,1-6H3. The predicted molar refractivity (Wildman–Crippen MR) is 119 cm³/mol. The molecule has 8 heteroatoms. The maximum Gasteiger partial charge on any atom is 0.302 e. The molecule has 0 unspecified atom stereocenters. The lowest BCUT2D eigenvalue weighted by molar-refractivity contribution is -0.143. The molecule has 0 amide bonds. The molecule has 0 N–H and O–H groups in total. The Morgan fingerprint density at radius 2 is 1.03 bits per heavy atom. The molecule has 0 fully saturated rings. The normalized spacial score (nSPS) is 10.6. The summed E-state index contributed by atoms with van der Waals surface area (Å²) >= 11 is 0. The molecule has 2 aromatic carbocycles. The van der Waals surface area contributed by atoms with E-state index in [2.05, 4.69) is 0 Å². The highest BCUT2D eigenvalue weighted by Crippen LogP contribution is 2.35. The third-order valence-corrected chi connectivity index (χ3v) is 4.52. The van der Waals surface area contributed by atoms with Gasteiger partial charge in [0.25, 0.3) is 0 Å². The Labute approximate surface area is 187 Å². The fraction of sp³-hybridized carbons (Fsp3) is 0.333. The molecule has 0 heterocycles. The Bertz CT molecular complexity index is 914. The zero-order chi connectivity index (χ0) is 23.7. The molecule has 0 saturated heterocycles. The topological polar surface area (TPSA) is 89.5 Å². The first-order chi connectivity index (χ1) is 15.3. The van der Waals surface area contributed by atoms with Gasteiger partial charge in [-0.25, -0.2) is 0 Å². The molecule has 0 bridgehead atoms. The first kappa shape index (κ1) is 24.6. The van der Waals surface area contributed by atoms with Crippen LogP contribution in [0.2, 0.25) is 0 Å². The van der Waals surface area contributed by atoms with Gasteiger partial charge in [-0.3, -0.25) is 9.59 Å². The van der Waals surface area contributed by atoms with E-state index < -0.39 is 11.9 Å². The van der Waals surface area contributed by atoms with Crippen LogP contribution in [0.25, 0.3) is 12.2 Å². The molecular formula is C24H28O8. The van der Waals surface area contributed by atoms with E-state index in [1.165, 1.54) is 13.8 Å². The largest absolute Gasteiger partial charge is 0.497 e. The third kappa shape index (κ3) is 6.41. The summed E-state index contributed by atoms with van der Waals surface area (Å²) in [6, 6.07) is 7.11. The van der Waals surface area contributed by atoms with Crippen LogP contribution in [0.5, 0.6) is 23.0 Å². The van der Waals surface area contributed by atoms with Crippen LogP contribution in [0, 0.1) is 0 Å². The minimum atomic E-state index is -0.395. The van der Waals surface area contributed by atoms with E-state index in [0.29, 0.717) is 45.3 Å². The summed E-state index contributed by atoms with van der Waals surface area (Å²) in [6.45, 7) is 2.78. The molecule has 0 aliphatic heterocycles. The van der Waals surface area contributed by atoms with Gasteiger partial charge in [0.15, 0.2) is 0 Å². The van der Waals surface area contributed by atoms with Crippen LogP contribution in [0.4, 0.5) is 0 Å². The highest BCUT2D eigenvalue weighted by molar-refractivity contribution is 5.78. The zero-order valence-corrected chi connectivity index (χ0v) is 19.1. The third-order valence-electron chi connectivity index (χ3n) is 4.52. The van der Waals surface area contributed by atoms with E-state index in [1.54, 1.807) is 52.7 Å². The Balaban J connectivity index is 2.53. The maximum atomic E-state index is 11.3. The van der Waals surface area contributed by atoms with Gasteiger partial charge in [-0.05, 0) is 24.3 Å². The second-order valence-corrected chi connectivity index (χ2v) is 6.71. The molecule has 0 aliphatic carbocycles. The second kappa shape index (κ2) is 11.6. The molecule has 172 valence electrons. The fourth-order valence-corrected chi connectivity index (χ4v) is 3.10. The Kier molecular flexibility index (Phi) is 8.95. The van der Waals surface area contributed by atoms with Gasteiger partial charge in [0.2, 0.25) is 0 Å². The summed E-state index contributed by atoms with van der Waals surface area (Å²) in [5.74, 6) is 1.47. The van der Waals surface area contributed by atoms with Crippen LogP contribution >= 0.6 is 0 Å². The molecule has 2 aromatic rings. The molecule has 8 nitrogen and oxygen atoms in total. The fourth-order valence-electron chi connectivity index (χ4n) is 3.10. The highest BCUT2D eigenvalue weighted by Gasteiger charge is 2.15. The van der Waals surface area contributed by atoms with E-state index in [1.807, 2.05) is 12.2 Å². The van der Waals surface area contributed by atoms with Gasteiger partial charge in [0.1, 0.15) is 36.2 Å². The SMILES string of the molecule is COc1cc(C=Cc2cc(OC)cc(COC(C)=O)c2OC)c(OC)c(COC(C)=O)c1. The molecular weight excluding hydrogens is 416 g/mol. The van der Waals surface area contributed by atoms with Gasteiger partial charge in [-0.1, -0.05) is 12.2 Å². The van der Waals surface area contributed by atoms with Crippen LogP contribution in [0.3, 0.4) is 0 Å². The molecule has 0 spiro atoms. The van der Waals surface area contributed by atoms with Gasteiger partial charge in [-0.2, -0.15) is 0 Å². The van der Waals surface area contributed by atoms with E-state index >= 15 is 0 Å². The monoisotopic (exact) mass is 444 g/mol. The number of benzene rings is 2. The molecule has 32 heavy (non-hydrogen) atoms. The first-order valence-corrected chi connectivity index (χ1v) is 9.77. The highest BCUT2D eigenvalue weighted by atomic mass is 16.5. The van der Waals surface area contributed by atoms with Crippen molar-refractivity contribution in [3.63, 3.8) is 0 Å². The number of hydrogen-bond acceptors (Lipinski definition) is 8. The molecule has 2 rings (SSSR count). The second-order valence-electron chi connectivity index (χ2n) is 6.71. The van der Waals surface area contributed by atoms with Crippen LogP contribution in [-0.2, 0) is 32.3 Å². The lowest BCUT2D eigenvalue weighted by Crippen LogP contribution is -2.03. The van der Waals surface area contributed by atoms with Gasteiger partial charge in [0.05, 0.1) is 28.4 Å². The van der Waals surface area contributed by atoms with E-state index in [9.17, 15) is 9.59 Å². The summed E-state index contributed by atoms with van der Waals surface area (Å²) in [4.78, 5) is 22.5. The van der Waals surface area contributed by atoms with Crippen LogP contribution in [0.15, 0.2) is 24.3 Å². The van der Waals surface area contributed by atoms with Crippen molar-refractivity contribution in [1.82, 2.24) is 0 Å². The summed E-state index contributed by atoms with van der Waals surface area (Å²) in [6.07, 6.45) is 3.65. The first-order valence-electron chi connectivity index (χ1n) is 9.77. The smallest absolute Gasteiger partial charge is 0.302 e. The van der Waals surface area contributed by atoms with Crippen molar-refractivity contribution in [1.29, 1.82) is 0 Å². The van der Waals surface area contributed by atoms with E-state index in [4.69, 9.17) is 28.4 Å². The Morgan fingerprint density at radius 3 is 1.31 bits per heavy atom. The summed E-state index contributed by atoms with van der Waals surface area (Å²) < 4.78 is 32.2. The Hall–Kier alpha value is -3.68. The minimum absolute atomic E-state index is 0.0472. The van der Waals surface area contributed by atoms with Gasteiger partial charge >= 0.3 is 11.9 Å². The van der Waals surface area contributed by atoms with Crippen molar-refractivity contribution in [3.05, 3.63) is 46.5 Å². The van der Waals surface area contributed by atoms with Crippen LogP contribution < -0.4 is 18.9 Å². The molecule has 0 saturated carbocycles. The van der Waals surface area contributed by atoms with Crippen molar-refractivity contribution in [2.45, 2.75) is 27.1 Å². The number of methoxy groups -OCH3 is 4. The van der Waals surface area contributed by atoms with Gasteiger partial charge in [0, 0.05) is 36.1 Å². The number of hydrogen-bond donors (Lipinski definition) is 0. The summed E-state index contributed by atoms with van der Waals surface area (Å²) in [7, 11) is 6.19. The van der Waals surface area contributed by atoms with Crippen molar-refractivity contribution in [2.24, 2.45) is 0 Å². The van der Waals surface area contributed by atoms with Crippen LogP contribution in [0.1, 0.15) is 36.1 Å². The van der Waals surface area contributed by atoms with E-state index in [-0.39, 0.29) is 13.2 Å². The molecule has 0 atom stereocenters. The van der Waals surface area contributed by atoms with Gasteiger partial charge in [-0.15, -0.1) is 0 Å². The molecule has 0 aliphatic rings. The quantitative estimate of drug-likeness (QED) is 0.401. The van der Waals surface area contributed by atoms with Gasteiger partial charge < -0.3 is 28.4 Å². The summed E-state index contributed by atoms with van der Waals surface area (Å²) in [5, 5.41) is 0. The molecule has 0 radical (unpaired) electrons. The van der Waals surface area contributed by atoms with Crippen molar-refractivity contribution in [2.75, 3.05) is 28.4 Å². The lowest BCUT2D eigenvalue weighted by Gasteiger charge is -2.15. The molecule has 0 aromatic heterocycles. The predicted octanol–water partition coefficient (Wildman–Crippen LogP) is 4.02. The van der Waals surface area contributed by atoms with Crippen molar-refractivity contribution in [3.8, 4) is 23.0 Å². The Morgan fingerprint density at radius 1 is 0.656 bits per heavy atom. The average Bonchev–Trinajstić information content (AvgIpc) is 2.78. The number of esters is 2. The van der Waals surface area contributed by atoms with Crippen LogP contribution in [-0.4, -0.2) is 40.4 Å². The average molecular weight is 444 g/mol. The maximum absolute atomic E-state index is 11.3. The van der Waals surface area contributed by atoms with E-state index in [0.717, 1.165) is 0 Å². The van der Waals surface area contributed by atoms with Crippen molar-refractivity contribution >= 4 is 24.1 Å². The number of ether oxygens (including phenoxy) is 6. The zero-order valence-electron chi connectivity index (χ0n) is 19.1. The number of carbonyl (C=O) groups is 2. The summed E-state index contributed by atoms with van der Waals surface area (Å²) in [5.41, 5.74) is 2.74. The van der Waals surface area contributed by atoms with Crippen molar-refractivity contribution < 1.29 is 38.0 Å². The minimum Gasteiger partial charge on any atom is -0.497 e. The number of carbonyl (C=O) groups excluding carboxylic acids is 2. The number of rotatable bonds is 10. The lowest BCUT2D eigenvalue weighted by atomic mass is 10.0.